The van der Waals surface area contributed by atoms with Crippen LogP contribution in [0.15, 0.2) is 23.1 Å². The molecule has 0 spiro atoms. The number of rotatable bonds is 4. The van der Waals surface area contributed by atoms with Crippen molar-refractivity contribution in [3.8, 4) is 0 Å². The van der Waals surface area contributed by atoms with Gasteiger partial charge in [0.1, 0.15) is 10.7 Å². The summed E-state index contributed by atoms with van der Waals surface area (Å²) in [4.78, 5) is 2.31. The van der Waals surface area contributed by atoms with E-state index in [0.717, 1.165) is 12.1 Å². The molecule has 0 amide bonds. The summed E-state index contributed by atoms with van der Waals surface area (Å²) in [6.45, 7) is 1.89. The second kappa shape index (κ2) is 6.62. The van der Waals surface area contributed by atoms with Gasteiger partial charge in [-0.15, -0.1) is 0 Å². The van der Waals surface area contributed by atoms with Gasteiger partial charge in [0, 0.05) is 32.7 Å². The van der Waals surface area contributed by atoms with E-state index < -0.39 is 26.1 Å². The fraction of sp³-hybridized carbons (Fsp3) is 0.538. The van der Waals surface area contributed by atoms with Crippen molar-refractivity contribution in [3.63, 3.8) is 0 Å². The minimum Gasteiger partial charge on any atom is -0.395 e. The predicted octanol–water partition coefficient (Wildman–Crippen LogP) is 1.23. The van der Waals surface area contributed by atoms with Gasteiger partial charge in [-0.3, -0.25) is 4.90 Å². The summed E-state index contributed by atoms with van der Waals surface area (Å²) >= 11 is 0. The number of anilines is 1. The fourth-order valence-corrected chi connectivity index (χ4v) is 3.43. The number of sulfone groups is 1. The highest BCUT2D eigenvalue weighted by Crippen LogP contribution is 2.36. The normalized spacial score (nSPS) is 17.5. The number of hydrogen-bond donors (Lipinski definition) is 1. The molecule has 0 radical (unpaired) electrons. The van der Waals surface area contributed by atoms with Gasteiger partial charge >= 0.3 is 5.51 Å². The second-order valence-electron chi connectivity index (χ2n) is 5.11. The van der Waals surface area contributed by atoms with Crippen LogP contribution in [0.5, 0.6) is 0 Å². The second-order valence-corrected chi connectivity index (χ2v) is 7.02. The van der Waals surface area contributed by atoms with Crippen molar-refractivity contribution >= 4 is 15.5 Å². The summed E-state index contributed by atoms with van der Waals surface area (Å²) in [6.07, 6.45) is 0. The number of aliphatic hydroxyl groups is 1. The summed E-state index contributed by atoms with van der Waals surface area (Å²) < 4.78 is 75.0. The molecule has 2 rings (SSSR count). The first-order valence-corrected chi connectivity index (χ1v) is 8.34. The van der Waals surface area contributed by atoms with E-state index in [1.165, 1.54) is 4.90 Å². The summed E-state index contributed by atoms with van der Waals surface area (Å²) in [5.41, 5.74) is -5.65. The van der Waals surface area contributed by atoms with Gasteiger partial charge in [0.25, 0.3) is 9.84 Å². The number of aliphatic hydroxyl groups excluding tert-OH is 1. The number of β-amino-alcohol motifs (C(OH)–C–C–N with tert-alkyl or cyclic N) is 1. The third kappa shape index (κ3) is 3.75. The van der Waals surface area contributed by atoms with Crippen LogP contribution in [0, 0.1) is 5.82 Å². The molecule has 0 aliphatic carbocycles. The Labute approximate surface area is 131 Å². The van der Waals surface area contributed by atoms with E-state index in [-0.39, 0.29) is 25.4 Å². The average Bonchev–Trinajstić information content (AvgIpc) is 2.47. The maximum atomic E-state index is 13.3. The number of piperazine rings is 1. The molecule has 1 aromatic carbocycles. The molecule has 1 saturated heterocycles. The summed E-state index contributed by atoms with van der Waals surface area (Å²) in [5, 5.41) is 8.87. The predicted molar refractivity (Wildman–Crippen MR) is 75.4 cm³/mol. The minimum absolute atomic E-state index is 0.0374. The van der Waals surface area contributed by atoms with Crippen molar-refractivity contribution in [2.75, 3.05) is 44.2 Å². The first kappa shape index (κ1) is 18.0. The summed E-state index contributed by atoms with van der Waals surface area (Å²) in [7, 11) is -5.64. The van der Waals surface area contributed by atoms with Gasteiger partial charge in [0.2, 0.25) is 0 Å². The van der Waals surface area contributed by atoms with Gasteiger partial charge in [0.15, 0.2) is 0 Å². The van der Waals surface area contributed by atoms with E-state index in [2.05, 4.69) is 0 Å². The Morgan fingerprint density at radius 3 is 2.26 bits per heavy atom. The van der Waals surface area contributed by atoms with Crippen LogP contribution < -0.4 is 4.90 Å². The zero-order valence-corrected chi connectivity index (χ0v) is 12.9. The van der Waals surface area contributed by atoms with Crippen LogP contribution in [0.25, 0.3) is 0 Å². The molecular weight excluding hydrogens is 340 g/mol. The van der Waals surface area contributed by atoms with E-state index in [1.807, 2.05) is 4.90 Å². The Bertz CT molecular complexity index is 656. The molecule has 1 heterocycles. The maximum absolute atomic E-state index is 13.3. The van der Waals surface area contributed by atoms with Gasteiger partial charge in [0.05, 0.1) is 12.3 Å². The molecule has 1 N–H and O–H groups in total. The van der Waals surface area contributed by atoms with Gasteiger partial charge in [-0.2, -0.15) is 13.2 Å². The molecule has 0 saturated carbocycles. The van der Waals surface area contributed by atoms with Crippen LogP contribution >= 0.6 is 0 Å². The third-order valence-corrected chi connectivity index (χ3v) is 5.16. The zero-order valence-electron chi connectivity index (χ0n) is 12.1. The minimum atomic E-state index is -5.64. The Balaban J connectivity index is 2.34. The number of halogens is 4. The van der Waals surface area contributed by atoms with Crippen LogP contribution in [0.1, 0.15) is 0 Å². The molecule has 130 valence electrons. The Morgan fingerprint density at radius 1 is 1.13 bits per heavy atom. The van der Waals surface area contributed by atoms with Crippen LogP contribution in [0.2, 0.25) is 0 Å². The number of hydrogen-bond acceptors (Lipinski definition) is 5. The standard InChI is InChI=1S/C13H16F4N2O3S/c14-10-1-2-11(12(9-10)23(21,22)13(15,16)17)19-5-3-18(4-6-19)7-8-20/h1-2,9,20H,3-8H2. The van der Waals surface area contributed by atoms with Crippen molar-refractivity contribution < 1.29 is 31.1 Å². The molecule has 0 atom stereocenters. The largest absolute Gasteiger partial charge is 0.501 e. The van der Waals surface area contributed by atoms with E-state index in [9.17, 15) is 26.0 Å². The number of nitrogens with zero attached hydrogens (tertiary/aromatic N) is 2. The van der Waals surface area contributed by atoms with E-state index >= 15 is 0 Å². The Kier molecular flexibility index (Phi) is 5.17. The van der Waals surface area contributed by atoms with Gasteiger partial charge in [-0.05, 0) is 18.2 Å². The molecule has 1 aromatic rings. The lowest BCUT2D eigenvalue weighted by Gasteiger charge is -2.36. The molecule has 5 nitrogen and oxygen atoms in total. The van der Waals surface area contributed by atoms with Gasteiger partial charge in [-0.25, -0.2) is 12.8 Å². The van der Waals surface area contributed by atoms with Crippen LogP contribution in [0.3, 0.4) is 0 Å². The zero-order chi connectivity index (χ0) is 17.3. The monoisotopic (exact) mass is 356 g/mol. The first-order chi connectivity index (χ1) is 10.7. The van der Waals surface area contributed by atoms with E-state index in [4.69, 9.17) is 5.11 Å². The molecule has 10 heteroatoms. The van der Waals surface area contributed by atoms with Crippen molar-refractivity contribution in [3.05, 3.63) is 24.0 Å². The molecule has 1 aliphatic rings. The van der Waals surface area contributed by atoms with Crippen molar-refractivity contribution in [2.45, 2.75) is 10.4 Å². The Hall–Kier alpha value is -1.39. The van der Waals surface area contributed by atoms with Crippen LogP contribution in [-0.4, -0.2) is 63.3 Å². The molecular formula is C13H16F4N2O3S. The number of alkyl halides is 3. The van der Waals surface area contributed by atoms with Gasteiger partial charge in [-0.1, -0.05) is 0 Å². The lowest BCUT2D eigenvalue weighted by Crippen LogP contribution is -2.47. The van der Waals surface area contributed by atoms with Gasteiger partial charge < -0.3 is 10.0 Å². The van der Waals surface area contributed by atoms with E-state index in [1.54, 1.807) is 0 Å². The maximum Gasteiger partial charge on any atom is 0.501 e. The van der Waals surface area contributed by atoms with Crippen LogP contribution in [0.4, 0.5) is 23.2 Å². The average molecular weight is 356 g/mol. The van der Waals surface area contributed by atoms with Crippen LogP contribution in [-0.2, 0) is 9.84 Å². The number of benzene rings is 1. The lowest BCUT2D eigenvalue weighted by molar-refractivity contribution is -0.0435. The lowest BCUT2D eigenvalue weighted by atomic mass is 10.2. The SMILES string of the molecule is O=S(=O)(c1cc(F)ccc1N1CCN(CCO)CC1)C(F)(F)F. The third-order valence-electron chi connectivity index (χ3n) is 3.65. The fourth-order valence-electron chi connectivity index (χ4n) is 2.44. The van der Waals surface area contributed by atoms with E-state index in [0.29, 0.717) is 25.7 Å². The van der Waals surface area contributed by atoms with Crippen molar-refractivity contribution in [1.82, 2.24) is 4.90 Å². The smallest absolute Gasteiger partial charge is 0.395 e. The first-order valence-electron chi connectivity index (χ1n) is 6.86. The summed E-state index contributed by atoms with van der Waals surface area (Å²) in [6, 6.07) is 2.39. The highest BCUT2D eigenvalue weighted by Gasteiger charge is 2.48. The molecule has 0 aromatic heterocycles. The molecule has 1 fully saturated rings. The molecule has 1 aliphatic heterocycles. The summed E-state index contributed by atoms with van der Waals surface area (Å²) in [5.74, 6) is -1.05. The quantitative estimate of drug-likeness (QED) is 0.823. The molecule has 0 unspecified atom stereocenters. The topological polar surface area (TPSA) is 60.9 Å². The molecule has 0 bridgehead atoms. The highest BCUT2D eigenvalue weighted by molar-refractivity contribution is 7.92. The highest BCUT2D eigenvalue weighted by atomic mass is 32.2. The Morgan fingerprint density at radius 2 is 1.74 bits per heavy atom. The van der Waals surface area contributed by atoms with Crippen molar-refractivity contribution in [1.29, 1.82) is 0 Å². The van der Waals surface area contributed by atoms with Crippen molar-refractivity contribution in [2.24, 2.45) is 0 Å². The molecule has 23 heavy (non-hydrogen) atoms.